The predicted molar refractivity (Wildman–Crippen MR) is 53.0 cm³/mol. The summed E-state index contributed by atoms with van der Waals surface area (Å²) in [6, 6.07) is 1.91. The highest BCUT2D eigenvalue weighted by molar-refractivity contribution is 5.54. The van der Waals surface area contributed by atoms with E-state index in [0.29, 0.717) is 6.54 Å². The van der Waals surface area contributed by atoms with Crippen LogP contribution in [0.2, 0.25) is 0 Å². The van der Waals surface area contributed by atoms with Crippen LogP contribution in [-0.4, -0.2) is 20.0 Å². The van der Waals surface area contributed by atoms with Crippen molar-refractivity contribution in [2.75, 3.05) is 5.32 Å². The van der Waals surface area contributed by atoms with Crippen molar-refractivity contribution in [2.45, 2.75) is 6.54 Å². The molecule has 2 aromatic rings. The summed E-state index contributed by atoms with van der Waals surface area (Å²) in [6.45, 7) is 0.445. The Kier molecular flexibility index (Phi) is 2.19. The van der Waals surface area contributed by atoms with Gasteiger partial charge in [0.15, 0.2) is 0 Å². The summed E-state index contributed by atoms with van der Waals surface area (Å²) < 4.78 is 1.75. The maximum atomic E-state index is 5.48. The average molecular weight is 192 g/mol. The van der Waals surface area contributed by atoms with Crippen molar-refractivity contribution in [3.8, 4) is 0 Å². The number of hydrogen-bond donors (Lipinski definition) is 3. The normalized spacial score (nSPS) is 10.4. The molecular weight excluding hydrogens is 180 g/mol. The maximum Gasteiger partial charge on any atom is 0.128 e. The van der Waals surface area contributed by atoms with Gasteiger partial charge >= 0.3 is 0 Å². The molecule has 6 nitrogen and oxygen atoms in total. The summed E-state index contributed by atoms with van der Waals surface area (Å²) in [5, 5.41) is 13.9. The molecule has 0 fully saturated rings. The number of anilines is 2. The van der Waals surface area contributed by atoms with Gasteiger partial charge in [0, 0.05) is 25.9 Å². The first-order chi connectivity index (χ1) is 6.79. The second kappa shape index (κ2) is 3.51. The smallest absolute Gasteiger partial charge is 0.128 e. The van der Waals surface area contributed by atoms with Crippen molar-refractivity contribution >= 4 is 11.5 Å². The minimum absolute atomic E-state index is 0.445. The molecule has 0 aliphatic carbocycles. The van der Waals surface area contributed by atoms with Crippen LogP contribution in [-0.2, 0) is 13.6 Å². The first-order valence-corrected chi connectivity index (χ1v) is 4.28. The average Bonchev–Trinajstić information content (AvgIpc) is 2.78. The molecule has 0 aliphatic heterocycles. The zero-order valence-electron chi connectivity index (χ0n) is 7.86. The minimum Gasteiger partial charge on any atom is -0.338 e. The number of H-pyrrole nitrogens is 1. The molecule has 0 bridgehead atoms. The van der Waals surface area contributed by atoms with E-state index in [9.17, 15) is 0 Å². The molecule has 0 aromatic carbocycles. The Morgan fingerprint density at radius 2 is 2.50 bits per heavy atom. The van der Waals surface area contributed by atoms with Gasteiger partial charge in [0.1, 0.15) is 5.82 Å². The number of aryl methyl sites for hydroxylation is 1. The van der Waals surface area contributed by atoms with E-state index in [4.69, 9.17) is 5.73 Å². The molecule has 2 aromatic heterocycles. The van der Waals surface area contributed by atoms with Crippen LogP contribution in [0.3, 0.4) is 0 Å². The van der Waals surface area contributed by atoms with Crippen molar-refractivity contribution in [2.24, 2.45) is 12.8 Å². The highest BCUT2D eigenvalue weighted by Gasteiger charge is 2.03. The Labute approximate surface area is 81.1 Å². The quantitative estimate of drug-likeness (QED) is 0.655. The Hall–Kier alpha value is -1.82. The highest BCUT2D eigenvalue weighted by atomic mass is 15.3. The van der Waals surface area contributed by atoms with Crippen LogP contribution in [0.1, 0.15) is 5.69 Å². The summed E-state index contributed by atoms with van der Waals surface area (Å²) >= 11 is 0. The Morgan fingerprint density at radius 1 is 1.64 bits per heavy atom. The summed E-state index contributed by atoms with van der Waals surface area (Å²) in [7, 11) is 1.86. The Balaban J connectivity index is 2.20. The summed E-state index contributed by atoms with van der Waals surface area (Å²) in [4.78, 5) is 0. The van der Waals surface area contributed by atoms with Crippen LogP contribution in [0, 0.1) is 0 Å². The topological polar surface area (TPSA) is 84.6 Å². The molecule has 0 spiro atoms. The molecule has 0 amide bonds. The van der Waals surface area contributed by atoms with Crippen molar-refractivity contribution in [3.05, 3.63) is 24.2 Å². The van der Waals surface area contributed by atoms with Gasteiger partial charge in [0.05, 0.1) is 17.6 Å². The molecule has 0 atom stereocenters. The Morgan fingerprint density at radius 3 is 3.07 bits per heavy atom. The lowest BCUT2D eigenvalue weighted by Crippen LogP contribution is -2.00. The molecule has 0 saturated heterocycles. The van der Waals surface area contributed by atoms with Crippen molar-refractivity contribution in [1.29, 1.82) is 0 Å². The van der Waals surface area contributed by atoms with Gasteiger partial charge in [0.2, 0.25) is 0 Å². The fourth-order valence-electron chi connectivity index (χ4n) is 1.21. The number of rotatable bonds is 3. The third-order valence-corrected chi connectivity index (χ3v) is 1.91. The second-order valence-corrected chi connectivity index (χ2v) is 2.96. The zero-order valence-corrected chi connectivity index (χ0v) is 7.86. The third kappa shape index (κ3) is 1.60. The summed E-state index contributed by atoms with van der Waals surface area (Å²) in [6.07, 6.45) is 3.48. The van der Waals surface area contributed by atoms with Crippen molar-refractivity contribution in [1.82, 2.24) is 20.0 Å². The molecule has 0 radical (unpaired) electrons. The van der Waals surface area contributed by atoms with Crippen LogP contribution in [0.25, 0.3) is 0 Å². The van der Waals surface area contributed by atoms with Gasteiger partial charge in [0.25, 0.3) is 0 Å². The second-order valence-electron chi connectivity index (χ2n) is 2.96. The van der Waals surface area contributed by atoms with Crippen LogP contribution >= 0.6 is 0 Å². The summed E-state index contributed by atoms with van der Waals surface area (Å²) in [5.74, 6) is 0.895. The van der Waals surface area contributed by atoms with Crippen molar-refractivity contribution < 1.29 is 0 Å². The first-order valence-electron chi connectivity index (χ1n) is 4.28. The molecule has 0 aliphatic rings. The van der Waals surface area contributed by atoms with E-state index in [1.165, 1.54) is 0 Å². The van der Waals surface area contributed by atoms with Gasteiger partial charge in [-0.05, 0) is 0 Å². The van der Waals surface area contributed by atoms with E-state index >= 15 is 0 Å². The maximum absolute atomic E-state index is 5.48. The van der Waals surface area contributed by atoms with Crippen LogP contribution in [0.5, 0.6) is 0 Å². The van der Waals surface area contributed by atoms with Gasteiger partial charge < -0.3 is 11.1 Å². The molecule has 14 heavy (non-hydrogen) atoms. The van der Waals surface area contributed by atoms with Gasteiger partial charge in [-0.25, -0.2) is 0 Å². The van der Waals surface area contributed by atoms with Gasteiger partial charge in [-0.15, -0.1) is 0 Å². The van der Waals surface area contributed by atoms with E-state index in [1.807, 2.05) is 13.1 Å². The first kappa shape index (κ1) is 8.76. The van der Waals surface area contributed by atoms with Gasteiger partial charge in [-0.2, -0.15) is 10.2 Å². The van der Waals surface area contributed by atoms with E-state index in [-0.39, 0.29) is 0 Å². The number of aromatic amines is 1. The molecule has 0 unspecified atom stereocenters. The fourth-order valence-corrected chi connectivity index (χ4v) is 1.21. The zero-order chi connectivity index (χ0) is 9.97. The molecule has 6 heteroatoms. The monoisotopic (exact) mass is 192 g/mol. The molecule has 2 heterocycles. The van der Waals surface area contributed by atoms with E-state index < -0.39 is 0 Å². The lowest BCUT2D eigenvalue weighted by molar-refractivity contribution is 0.750. The van der Waals surface area contributed by atoms with Crippen LogP contribution in [0.15, 0.2) is 18.5 Å². The van der Waals surface area contributed by atoms with Crippen molar-refractivity contribution in [3.63, 3.8) is 0 Å². The number of nitrogens with two attached hydrogens (primary N) is 1. The highest BCUT2D eigenvalue weighted by Crippen LogP contribution is 2.14. The van der Waals surface area contributed by atoms with Crippen LogP contribution in [0.4, 0.5) is 11.5 Å². The minimum atomic E-state index is 0.445. The number of aromatic nitrogens is 4. The molecule has 4 N–H and O–H groups in total. The number of nitrogens with zero attached hydrogens (tertiary/aromatic N) is 3. The molecule has 2 rings (SSSR count). The van der Waals surface area contributed by atoms with Gasteiger partial charge in [-0.3, -0.25) is 9.78 Å². The number of nitrogens with one attached hydrogen (secondary N) is 2. The lowest BCUT2D eigenvalue weighted by atomic mass is 10.4. The number of hydrogen-bond acceptors (Lipinski definition) is 4. The van der Waals surface area contributed by atoms with E-state index in [2.05, 4.69) is 20.6 Å². The fraction of sp³-hybridized carbons (Fsp3) is 0.250. The standard InChI is InChI=1S/C8H12N6/c1-14-8(2-6(3-9)13-14)12-7-4-10-11-5-7/h2,4-5,12H,3,9H2,1H3,(H,10,11). The lowest BCUT2D eigenvalue weighted by Gasteiger charge is -2.01. The van der Waals surface area contributed by atoms with Crippen LogP contribution < -0.4 is 11.1 Å². The molecular formula is C8H12N6. The molecule has 74 valence electrons. The Bertz CT molecular complexity index is 401. The van der Waals surface area contributed by atoms with E-state index in [1.54, 1.807) is 17.1 Å². The predicted octanol–water partition coefficient (Wildman–Crippen LogP) is 0.345. The van der Waals surface area contributed by atoms with Gasteiger partial charge in [-0.1, -0.05) is 0 Å². The third-order valence-electron chi connectivity index (χ3n) is 1.91. The van der Waals surface area contributed by atoms with E-state index in [0.717, 1.165) is 17.2 Å². The summed E-state index contributed by atoms with van der Waals surface area (Å²) in [5.41, 5.74) is 7.24. The SMILES string of the molecule is Cn1nc(CN)cc1Nc1cn[nH]c1. The molecule has 0 saturated carbocycles. The largest absolute Gasteiger partial charge is 0.338 e.